The molecule has 0 unspecified atom stereocenters. The molecule has 0 saturated carbocycles. The topological polar surface area (TPSA) is 113 Å². The number of anilines is 2. The summed E-state index contributed by atoms with van der Waals surface area (Å²) in [6, 6.07) is 15.9. The predicted octanol–water partition coefficient (Wildman–Crippen LogP) is 5.17. The lowest BCUT2D eigenvalue weighted by molar-refractivity contribution is -0.384. The average molecular weight is 499 g/mol. The van der Waals surface area contributed by atoms with Crippen molar-refractivity contribution in [3.05, 3.63) is 105 Å². The van der Waals surface area contributed by atoms with Crippen molar-refractivity contribution in [1.29, 1.82) is 0 Å². The van der Waals surface area contributed by atoms with Crippen molar-refractivity contribution < 1.29 is 18.9 Å². The number of nitro groups is 1. The van der Waals surface area contributed by atoms with E-state index in [9.17, 15) is 24.1 Å². The fraction of sp³-hybridized carbons (Fsp3) is 0. The van der Waals surface area contributed by atoms with Gasteiger partial charge in [-0.25, -0.2) is 4.39 Å². The summed E-state index contributed by atoms with van der Waals surface area (Å²) in [5.74, 6) is -1.56. The minimum absolute atomic E-state index is 0.00113. The molecule has 0 atom stereocenters. The molecule has 0 aliphatic heterocycles. The molecule has 0 heterocycles. The first-order valence-electron chi connectivity index (χ1n) is 9.62. The molecule has 2 amide bonds. The Balaban J connectivity index is 1.56. The average Bonchev–Trinajstić information content (AvgIpc) is 2.80. The summed E-state index contributed by atoms with van der Waals surface area (Å²) in [5.41, 5.74) is 1.62. The van der Waals surface area contributed by atoms with Crippen molar-refractivity contribution in [1.82, 2.24) is 5.32 Å². The van der Waals surface area contributed by atoms with Crippen LogP contribution >= 0.6 is 23.8 Å². The smallest absolute Gasteiger partial charge is 0.269 e. The van der Waals surface area contributed by atoms with Crippen molar-refractivity contribution in [3.8, 4) is 0 Å². The second-order valence-corrected chi connectivity index (χ2v) is 7.60. The number of hydrogen-bond donors (Lipinski definition) is 3. The third-order valence-electron chi connectivity index (χ3n) is 4.33. The number of benzene rings is 3. The van der Waals surface area contributed by atoms with Crippen molar-refractivity contribution in [2.75, 3.05) is 10.6 Å². The maximum Gasteiger partial charge on any atom is 0.269 e. The Morgan fingerprint density at radius 3 is 2.38 bits per heavy atom. The van der Waals surface area contributed by atoms with E-state index in [1.54, 1.807) is 18.2 Å². The van der Waals surface area contributed by atoms with Crippen LogP contribution in [0.2, 0.25) is 5.02 Å². The van der Waals surface area contributed by atoms with Gasteiger partial charge in [-0.3, -0.25) is 25.0 Å². The molecule has 3 aromatic rings. The second kappa shape index (κ2) is 11.1. The van der Waals surface area contributed by atoms with Gasteiger partial charge in [0, 0.05) is 35.1 Å². The lowest BCUT2D eigenvalue weighted by atomic mass is 10.2. The molecule has 0 aromatic heterocycles. The van der Waals surface area contributed by atoms with Gasteiger partial charge in [-0.15, -0.1) is 0 Å². The number of thiocarbonyl (C=S) groups is 1. The highest BCUT2D eigenvalue weighted by molar-refractivity contribution is 7.80. The zero-order valence-electron chi connectivity index (χ0n) is 17.2. The molecule has 34 heavy (non-hydrogen) atoms. The van der Waals surface area contributed by atoms with Crippen LogP contribution in [-0.2, 0) is 4.79 Å². The second-order valence-electron chi connectivity index (χ2n) is 6.79. The number of amides is 2. The summed E-state index contributed by atoms with van der Waals surface area (Å²) in [4.78, 5) is 34.7. The molecule has 0 aliphatic carbocycles. The Bertz CT molecular complexity index is 1300. The van der Waals surface area contributed by atoms with Crippen LogP contribution in [0.1, 0.15) is 15.9 Å². The Morgan fingerprint density at radius 1 is 1.00 bits per heavy atom. The molecule has 0 radical (unpaired) electrons. The van der Waals surface area contributed by atoms with Gasteiger partial charge in [0.15, 0.2) is 5.11 Å². The predicted molar refractivity (Wildman–Crippen MR) is 132 cm³/mol. The number of carbonyl (C=O) groups excluding carboxylic acids is 2. The summed E-state index contributed by atoms with van der Waals surface area (Å²) in [6.45, 7) is 0. The maximum absolute atomic E-state index is 13.3. The number of hydrogen-bond acceptors (Lipinski definition) is 5. The third kappa shape index (κ3) is 6.92. The summed E-state index contributed by atoms with van der Waals surface area (Å²) in [5, 5.41) is 18.4. The summed E-state index contributed by atoms with van der Waals surface area (Å²) in [6.07, 6.45) is 2.71. The van der Waals surface area contributed by atoms with E-state index in [4.69, 9.17) is 23.8 Å². The number of non-ortho nitro benzene ring substituents is 1. The van der Waals surface area contributed by atoms with Crippen LogP contribution in [0.25, 0.3) is 6.08 Å². The number of nitrogens with one attached hydrogen (secondary N) is 3. The molecule has 3 N–H and O–H groups in total. The zero-order valence-corrected chi connectivity index (χ0v) is 18.8. The zero-order chi connectivity index (χ0) is 24.7. The molecular weight excluding hydrogens is 483 g/mol. The van der Waals surface area contributed by atoms with Gasteiger partial charge in [0.05, 0.1) is 9.95 Å². The number of halogens is 2. The highest BCUT2D eigenvalue weighted by Crippen LogP contribution is 2.20. The van der Waals surface area contributed by atoms with Gasteiger partial charge in [-0.2, -0.15) is 0 Å². The Hall–Kier alpha value is -4.15. The van der Waals surface area contributed by atoms with E-state index in [1.807, 2.05) is 0 Å². The van der Waals surface area contributed by atoms with Gasteiger partial charge in [0.1, 0.15) is 5.82 Å². The first kappa shape index (κ1) is 24.5. The Labute approximate surface area is 203 Å². The van der Waals surface area contributed by atoms with Crippen molar-refractivity contribution in [2.45, 2.75) is 0 Å². The first-order chi connectivity index (χ1) is 16.2. The van der Waals surface area contributed by atoms with E-state index < -0.39 is 22.6 Å². The quantitative estimate of drug-likeness (QED) is 0.187. The minimum atomic E-state index is -0.594. The molecule has 0 aliphatic rings. The molecule has 3 aromatic carbocycles. The highest BCUT2D eigenvalue weighted by atomic mass is 35.5. The summed E-state index contributed by atoms with van der Waals surface area (Å²) in [7, 11) is 0. The van der Waals surface area contributed by atoms with Gasteiger partial charge in [0.2, 0.25) is 5.91 Å². The van der Waals surface area contributed by atoms with Crippen LogP contribution in [0, 0.1) is 15.9 Å². The van der Waals surface area contributed by atoms with Gasteiger partial charge in [-0.1, -0.05) is 17.7 Å². The van der Waals surface area contributed by atoms with Gasteiger partial charge in [-0.05, 0) is 72.4 Å². The lowest BCUT2D eigenvalue weighted by Gasteiger charge is -2.10. The van der Waals surface area contributed by atoms with E-state index in [0.29, 0.717) is 16.9 Å². The third-order valence-corrected chi connectivity index (χ3v) is 4.82. The monoisotopic (exact) mass is 498 g/mol. The van der Waals surface area contributed by atoms with Gasteiger partial charge in [0.25, 0.3) is 11.6 Å². The fourth-order valence-corrected chi connectivity index (χ4v) is 3.11. The van der Waals surface area contributed by atoms with Crippen molar-refractivity contribution in [2.24, 2.45) is 0 Å². The standard InChI is InChI=1S/C23H16ClFN4O4S/c24-19-13-17(7-10-20(19)25)26-22(31)15-2-1-3-16(12-15)27-23(34)28-21(30)11-6-14-4-8-18(9-5-14)29(32)33/h1-13H,(H,26,31)(H2,27,28,30,34)/b11-6+. The molecule has 0 fully saturated rings. The van der Waals surface area contributed by atoms with Crippen LogP contribution in [-0.4, -0.2) is 21.9 Å². The number of rotatable bonds is 6. The molecule has 172 valence electrons. The number of nitrogens with zero attached hydrogens (tertiary/aromatic N) is 1. The minimum Gasteiger partial charge on any atom is -0.332 e. The van der Waals surface area contributed by atoms with Crippen LogP contribution in [0.15, 0.2) is 72.8 Å². The summed E-state index contributed by atoms with van der Waals surface area (Å²) >= 11 is 10.9. The molecular formula is C23H16ClFN4O4S. The maximum atomic E-state index is 13.3. The molecule has 8 nitrogen and oxygen atoms in total. The first-order valence-corrected chi connectivity index (χ1v) is 10.4. The van der Waals surface area contributed by atoms with E-state index in [-0.39, 0.29) is 21.4 Å². The van der Waals surface area contributed by atoms with Crippen LogP contribution in [0.5, 0.6) is 0 Å². The van der Waals surface area contributed by atoms with E-state index in [2.05, 4.69) is 16.0 Å². The van der Waals surface area contributed by atoms with Crippen LogP contribution < -0.4 is 16.0 Å². The molecule has 0 spiro atoms. The van der Waals surface area contributed by atoms with Crippen molar-refractivity contribution in [3.63, 3.8) is 0 Å². The number of nitro benzene ring substituents is 1. The normalized spacial score (nSPS) is 10.5. The van der Waals surface area contributed by atoms with Crippen LogP contribution in [0.3, 0.4) is 0 Å². The molecule has 3 rings (SSSR count). The van der Waals surface area contributed by atoms with Crippen molar-refractivity contribution >= 4 is 63.9 Å². The van der Waals surface area contributed by atoms with Crippen LogP contribution in [0.4, 0.5) is 21.5 Å². The van der Waals surface area contributed by atoms with E-state index in [0.717, 1.165) is 6.07 Å². The molecule has 11 heteroatoms. The van der Waals surface area contributed by atoms with Gasteiger partial charge >= 0.3 is 0 Å². The van der Waals surface area contributed by atoms with E-state index in [1.165, 1.54) is 54.6 Å². The Morgan fingerprint density at radius 2 is 1.71 bits per heavy atom. The largest absolute Gasteiger partial charge is 0.332 e. The molecule has 0 bridgehead atoms. The lowest BCUT2D eigenvalue weighted by Crippen LogP contribution is -2.32. The van der Waals surface area contributed by atoms with E-state index >= 15 is 0 Å². The summed E-state index contributed by atoms with van der Waals surface area (Å²) < 4.78 is 13.3. The highest BCUT2D eigenvalue weighted by Gasteiger charge is 2.10. The fourth-order valence-electron chi connectivity index (χ4n) is 2.71. The Kier molecular flexibility index (Phi) is 8.01. The SMILES string of the molecule is O=C(/C=C/c1ccc([N+](=O)[O-])cc1)NC(=S)Nc1cccc(C(=O)Nc2ccc(F)c(Cl)c2)c1. The number of carbonyl (C=O) groups is 2. The van der Waals surface area contributed by atoms with Gasteiger partial charge < -0.3 is 10.6 Å². The molecule has 0 saturated heterocycles.